The molecule has 0 amide bonds. The molecule has 3 heteroatoms. The Hall–Kier alpha value is -1.84. The molecule has 136 valence electrons. The highest BCUT2D eigenvalue weighted by Crippen LogP contribution is 2.43. The minimum atomic E-state index is -0.191. The summed E-state index contributed by atoms with van der Waals surface area (Å²) < 4.78 is 0. The Bertz CT molecular complexity index is 709. The predicted molar refractivity (Wildman–Crippen MR) is 104 cm³/mol. The number of hydrogen-bond donors (Lipinski definition) is 3. The van der Waals surface area contributed by atoms with Gasteiger partial charge >= 0.3 is 0 Å². The molecule has 2 aromatic carbocycles. The zero-order valence-corrected chi connectivity index (χ0v) is 16.2. The smallest absolute Gasteiger partial charge is 0.119 e. The van der Waals surface area contributed by atoms with Crippen LogP contribution in [0.4, 0.5) is 0 Å². The molecule has 1 unspecified atom stereocenters. The van der Waals surface area contributed by atoms with Gasteiger partial charge in [0, 0.05) is 5.56 Å². The molecule has 0 fully saturated rings. The SMILES string of the molecule is CC(C)(C)c1c(O)ccc(C(NCO)c2ccccc2)c1C(C)(C)C. The van der Waals surface area contributed by atoms with E-state index in [-0.39, 0.29) is 23.6 Å². The number of phenols is 1. The summed E-state index contributed by atoms with van der Waals surface area (Å²) in [6.45, 7) is 12.8. The van der Waals surface area contributed by atoms with E-state index in [9.17, 15) is 10.2 Å². The van der Waals surface area contributed by atoms with Crippen molar-refractivity contribution < 1.29 is 10.2 Å². The Morgan fingerprint density at radius 1 is 0.840 bits per heavy atom. The predicted octanol–water partition coefficient (Wildman–Crippen LogP) is 4.62. The Morgan fingerprint density at radius 2 is 1.40 bits per heavy atom. The van der Waals surface area contributed by atoms with Crippen LogP contribution in [0, 0.1) is 0 Å². The molecule has 25 heavy (non-hydrogen) atoms. The van der Waals surface area contributed by atoms with Crippen LogP contribution >= 0.6 is 0 Å². The summed E-state index contributed by atoms with van der Waals surface area (Å²) in [5.74, 6) is 0.331. The summed E-state index contributed by atoms with van der Waals surface area (Å²) in [5, 5.41) is 23.4. The van der Waals surface area contributed by atoms with Crippen LogP contribution in [0.15, 0.2) is 42.5 Å². The second-order valence-corrected chi connectivity index (χ2v) is 8.63. The first-order valence-electron chi connectivity index (χ1n) is 8.83. The summed E-state index contributed by atoms with van der Waals surface area (Å²) in [5.41, 5.74) is 3.94. The number of aliphatic hydroxyl groups excluding tert-OH is 1. The normalized spacial score (nSPS) is 13.7. The number of aromatic hydroxyl groups is 1. The molecule has 2 aromatic rings. The average Bonchev–Trinajstić information content (AvgIpc) is 2.51. The van der Waals surface area contributed by atoms with E-state index in [1.54, 1.807) is 6.07 Å². The molecule has 0 aliphatic carbocycles. The third-order valence-corrected chi connectivity index (χ3v) is 4.45. The van der Waals surface area contributed by atoms with Gasteiger partial charge in [0.1, 0.15) is 5.75 Å². The van der Waals surface area contributed by atoms with E-state index >= 15 is 0 Å². The highest BCUT2D eigenvalue weighted by Gasteiger charge is 2.32. The summed E-state index contributed by atoms with van der Waals surface area (Å²) in [7, 11) is 0. The largest absolute Gasteiger partial charge is 0.508 e. The lowest BCUT2D eigenvalue weighted by atomic mass is 9.71. The number of rotatable bonds is 4. The first-order valence-corrected chi connectivity index (χ1v) is 8.83. The van der Waals surface area contributed by atoms with Gasteiger partial charge < -0.3 is 10.2 Å². The molecular formula is C22H31NO2. The van der Waals surface area contributed by atoms with E-state index in [1.165, 1.54) is 0 Å². The molecule has 0 heterocycles. The fraction of sp³-hybridized carbons (Fsp3) is 0.455. The quantitative estimate of drug-likeness (QED) is 0.712. The van der Waals surface area contributed by atoms with Crippen molar-refractivity contribution >= 4 is 0 Å². The molecule has 0 bridgehead atoms. The Morgan fingerprint density at radius 3 is 1.88 bits per heavy atom. The minimum absolute atomic E-state index is 0.116. The zero-order chi connectivity index (χ0) is 18.8. The van der Waals surface area contributed by atoms with Crippen molar-refractivity contribution in [1.29, 1.82) is 0 Å². The maximum absolute atomic E-state index is 10.6. The van der Waals surface area contributed by atoms with E-state index < -0.39 is 0 Å². The van der Waals surface area contributed by atoms with Gasteiger partial charge in [-0.25, -0.2) is 0 Å². The molecule has 1 atom stereocenters. The molecular weight excluding hydrogens is 310 g/mol. The number of hydrogen-bond acceptors (Lipinski definition) is 3. The lowest BCUT2D eigenvalue weighted by molar-refractivity contribution is 0.248. The van der Waals surface area contributed by atoms with E-state index in [4.69, 9.17) is 0 Å². The second kappa shape index (κ2) is 7.19. The Labute approximate surface area is 151 Å². The molecule has 0 radical (unpaired) electrons. The van der Waals surface area contributed by atoms with Crippen molar-refractivity contribution in [3.63, 3.8) is 0 Å². The third kappa shape index (κ3) is 4.23. The fourth-order valence-corrected chi connectivity index (χ4v) is 3.56. The van der Waals surface area contributed by atoms with Gasteiger partial charge in [-0.15, -0.1) is 0 Å². The monoisotopic (exact) mass is 341 g/mol. The van der Waals surface area contributed by atoms with Crippen molar-refractivity contribution in [2.75, 3.05) is 6.73 Å². The molecule has 2 rings (SSSR count). The van der Waals surface area contributed by atoms with E-state index in [0.717, 1.165) is 22.3 Å². The second-order valence-electron chi connectivity index (χ2n) is 8.63. The van der Waals surface area contributed by atoms with Crippen LogP contribution < -0.4 is 5.32 Å². The maximum atomic E-state index is 10.6. The lowest BCUT2D eigenvalue weighted by Gasteiger charge is -2.35. The Balaban J connectivity index is 2.79. The highest BCUT2D eigenvalue weighted by atomic mass is 16.3. The molecule has 0 saturated carbocycles. The molecule has 0 aliphatic rings. The zero-order valence-electron chi connectivity index (χ0n) is 16.2. The summed E-state index contributed by atoms with van der Waals surface area (Å²) in [6.07, 6.45) is 0. The highest BCUT2D eigenvalue weighted by molar-refractivity contribution is 5.54. The van der Waals surface area contributed by atoms with Crippen molar-refractivity contribution in [1.82, 2.24) is 5.32 Å². The number of aliphatic hydroxyl groups is 1. The molecule has 0 spiro atoms. The molecule has 3 nitrogen and oxygen atoms in total. The van der Waals surface area contributed by atoms with Crippen LogP contribution in [0.25, 0.3) is 0 Å². The number of phenolic OH excluding ortho intramolecular Hbond substituents is 1. The van der Waals surface area contributed by atoms with E-state index in [1.807, 2.05) is 24.3 Å². The fourth-order valence-electron chi connectivity index (χ4n) is 3.56. The first kappa shape index (κ1) is 19.5. The third-order valence-electron chi connectivity index (χ3n) is 4.45. The van der Waals surface area contributed by atoms with Gasteiger partial charge in [0.15, 0.2) is 0 Å². The molecule has 0 aliphatic heterocycles. The topological polar surface area (TPSA) is 52.5 Å². The van der Waals surface area contributed by atoms with E-state index in [2.05, 4.69) is 59.0 Å². The van der Waals surface area contributed by atoms with Gasteiger partial charge in [-0.2, -0.15) is 0 Å². The van der Waals surface area contributed by atoms with Gasteiger partial charge in [0.25, 0.3) is 0 Å². The van der Waals surface area contributed by atoms with Gasteiger partial charge in [-0.1, -0.05) is 77.9 Å². The maximum Gasteiger partial charge on any atom is 0.119 e. The number of nitrogens with one attached hydrogen (secondary N) is 1. The summed E-state index contributed by atoms with van der Waals surface area (Å²) in [4.78, 5) is 0. The van der Waals surface area contributed by atoms with E-state index in [0.29, 0.717) is 5.75 Å². The van der Waals surface area contributed by atoms with Crippen LogP contribution in [-0.2, 0) is 10.8 Å². The molecule has 0 saturated heterocycles. The van der Waals surface area contributed by atoms with Crippen LogP contribution in [0.1, 0.15) is 69.8 Å². The van der Waals surface area contributed by atoms with Gasteiger partial charge in [0.05, 0.1) is 12.8 Å². The molecule has 3 N–H and O–H groups in total. The van der Waals surface area contributed by atoms with Crippen LogP contribution in [-0.4, -0.2) is 16.9 Å². The molecule has 0 aromatic heterocycles. The number of benzene rings is 2. The van der Waals surface area contributed by atoms with Gasteiger partial charge in [0.2, 0.25) is 0 Å². The Kier molecular flexibility index (Phi) is 5.60. The standard InChI is InChI=1S/C22H31NO2/c1-21(2,3)18-16(12-13-17(25)19(18)22(4,5)6)20(23-14-24)15-10-8-7-9-11-15/h7-13,20,23-25H,14H2,1-6H3. The van der Waals surface area contributed by atoms with Crippen molar-refractivity contribution in [2.24, 2.45) is 0 Å². The van der Waals surface area contributed by atoms with Crippen LogP contribution in [0.3, 0.4) is 0 Å². The van der Waals surface area contributed by atoms with Crippen molar-refractivity contribution in [3.05, 3.63) is 64.7 Å². The van der Waals surface area contributed by atoms with Crippen molar-refractivity contribution in [2.45, 2.75) is 58.4 Å². The summed E-state index contributed by atoms with van der Waals surface area (Å²) >= 11 is 0. The lowest BCUT2D eigenvalue weighted by Crippen LogP contribution is -2.30. The van der Waals surface area contributed by atoms with Gasteiger partial charge in [-0.3, -0.25) is 5.32 Å². The van der Waals surface area contributed by atoms with Crippen LogP contribution in [0.2, 0.25) is 0 Å². The van der Waals surface area contributed by atoms with Crippen molar-refractivity contribution in [3.8, 4) is 5.75 Å². The minimum Gasteiger partial charge on any atom is -0.508 e. The van der Waals surface area contributed by atoms with Crippen LogP contribution in [0.5, 0.6) is 5.75 Å². The first-order chi connectivity index (χ1) is 11.6. The summed E-state index contributed by atoms with van der Waals surface area (Å²) in [6, 6.07) is 13.7. The van der Waals surface area contributed by atoms with Gasteiger partial charge in [-0.05, 0) is 33.6 Å². The average molecular weight is 341 g/mol.